The summed E-state index contributed by atoms with van der Waals surface area (Å²) in [6.45, 7) is 1.60. The van der Waals surface area contributed by atoms with Crippen LogP contribution in [0.25, 0.3) is 6.08 Å². The van der Waals surface area contributed by atoms with E-state index >= 15 is 0 Å². The molecular formula is C32H32N2O5. The molecule has 1 aliphatic carbocycles. The van der Waals surface area contributed by atoms with Gasteiger partial charge in [-0.3, -0.25) is 4.79 Å². The maximum absolute atomic E-state index is 13.4. The number of hydrazone groups is 1. The van der Waals surface area contributed by atoms with E-state index in [1.807, 2.05) is 61.5 Å². The van der Waals surface area contributed by atoms with Gasteiger partial charge in [-0.05, 0) is 61.1 Å². The first-order valence-electron chi connectivity index (χ1n) is 13.4. The Bertz CT molecular complexity index is 1350. The maximum Gasteiger partial charge on any atom is 0.344 e. The number of amides is 1. The summed E-state index contributed by atoms with van der Waals surface area (Å²) in [7, 11) is 0. The highest BCUT2D eigenvalue weighted by Crippen LogP contribution is 2.44. The van der Waals surface area contributed by atoms with Crippen LogP contribution in [0.1, 0.15) is 43.4 Å². The Morgan fingerprint density at radius 3 is 2.28 bits per heavy atom. The van der Waals surface area contributed by atoms with Crippen LogP contribution in [0.4, 0.5) is 0 Å². The summed E-state index contributed by atoms with van der Waals surface area (Å²) < 4.78 is 16.4. The number of fused-ring (bicyclic) bond motifs is 1. The molecule has 0 unspecified atom stereocenters. The third-order valence-corrected chi connectivity index (χ3v) is 6.89. The third-order valence-electron chi connectivity index (χ3n) is 6.89. The van der Waals surface area contributed by atoms with Crippen LogP contribution in [-0.2, 0) is 14.3 Å². The van der Waals surface area contributed by atoms with Gasteiger partial charge >= 0.3 is 5.97 Å². The number of carbonyl (C=O) groups is 2. The van der Waals surface area contributed by atoms with Crippen molar-refractivity contribution in [2.24, 2.45) is 11.0 Å². The molecule has 3 aromatic rings. The van der Waals surface area contributed by atoms with E-state index in [2.05, 4.69) is 18.2 Å². The van der Waals surface area contributed by atoms with E-state index in [1.165, 1.54) is 5.01 Å². The van der Waals surface area contributed by atoms with Gasteiger partial charge < -0.3 is 14.2 Å². The van der Waals surface area contributed by atoms with Crippen molar-refractivity contribution in [2.75, 3.05) is 19.8 Å². The van der Waals surface area contributed by atoms with Crippen molar-refractivity contribution in [1.82, 2.24) is 5.01 Å². The Kier molecular flexibility index (Phi) is 8.36. The summed E-state index contributed by atoms with van der Waals surface area (Å²) >= 11 is 0. The highest BCUT2D eigenvalue weighted by Gasteiger charge is 2.43. The molecule has 7 heteroatoms. The van der Waals surface area contributed by atoms with Crippen LogP contribution in [0, 0.1) is 5.92 Å². The summed E-state index contributed by atoms with van der Waals surface area (Å²) in [5.74, 6) is 0.0610. The molecule has 200 valence electrons. The Morgan fingerprint density at radius 2 is 1.56 bits per heavy atom. The largest absolute Gasteiger partial charge is 0.490 e. The number of rotatable bonds is 9. The molecular weight excluding hydrogens is 492 g/mol. The van der Waals surface area contributed by atoms with E-state index in [0.29, 0.717) is 18.1 Å². The number of ether oxygens (including phenoxy) is 3. The Balaban J connectivity index is 1.30. The second-order valence-electron chi connectivity index (χ2n) is 9.49. The van der Waals surface area contributed by atoms with Gasteiger partial charge in [0.2, 0.25) is 0 Å². The Morgan fingerprint density at radius 1 is 0.897 bits per heavy atom. The predicted molar refractivity (Wildman–Crippen MR) is 149 cm³/mol. The molecule has 1 saturated carbocycles. The molecule has 39 heavy (non-hydrogen) atoms. The third kappa shape index (κ3) is 6.20. The molecule has 2 atom stereocenters. The van der Waals surface area contributed by atoms with Crippen LogP contribution in [0.15, 0.2) is 95.6 Å². The van der Waals surface area contributed by atoms with Gasteiger partial charge in [-0.2, -0.15) is 5.10 Å². The van der Waals surface area contributed by atoms with Gasteiger partial charge in [0, 0.05) is 5.92 Å². The monoisotopic (exact) mass is 524 g/mol. The molecule has 0 spiro atoms. The van der Waals surface area contributed by atoms with Crippen molar-refractivity contribution in [3.8, 4) is 11.5 Å². The van der Waals surface area contributed by atoms with E-state index in [9.17, 15) is 9.59 Å². The average molecular weight is 525 g/mol. The Labute approximate surface area is 228 Å². The van der Waals surface area contributed by atoms with E-state index in [-0.39, 0.29) is 24.5 Å². The van der Waals surface area contributed by atoms with Crippen LogP contribution in [0.5, 0.6) is 11.5 Å². The van der Waals surface area contributed by atoms with Crippen LogP contribution < -0.4 is 9.47 Å². The highest BCUT2D eigenvalue weighted by molar-refractivity contribution is 6.08. The number of hydrogen-bond acceptors (Lipinski definition) is 6. The summed E-state index contributed by atoms with van der Waals surface area (Å²) in [6, 6.07) is 27.0. The molecule has 1 aliphatic heterocycles. The minimum absolute atomic E-state index is 0.0779. The predicted octanol–water partition coefficient (Wildman–Crippen LogP) is 5.83. The van der Waals surface area contributed by atoms with Crippen molar-refractivity contribution in [3.05, 3.63) is 102 Å². The summed E-state index contributed by atoms with van der Waals surface area (Å²) in [5, 5.41) is 6.35. The fourth-order valence-corrected chi connectivity index (χ4v) is 5.17. The first-order valence-corrected chi connectivity index (χ1v) is 13.4. The summed E-state index contributed by atoms with van der Waals surface area (Å²) in [6.07, 6.45) is 5.02. The first-order chi connectivity index (χ1) is 19.1. The van der Waals surface area contributed by atoms with E-state index < -0.39 is 12.6 Å². The molecule has 0 saturated heterocycles. The highest BCUT2D eigenvalue weighted by atomic mass is 16.6. The molecule has 1 heterocycles. The van der Waals surface area contributed by atoms with Crippen LogP contribution in [-0.4, -0.2) is 42.4 Å². The lowest BCUT2D eigenvalue weighted by Crippen LogP contribution is -2.35. The van der Waals surface area contributed by atoms with E-state index in [4.69, 9.17) is 19.3 Å². The van der Waals surface area contributed by atoms with Crippen LogP contribution >= 0.6 is 0 Å². The smallest absolute Gasteiger partial charge is 0.344 e. The lowest BCUT2D eigenvalue weighted by molar-refractivity contribution is -0.154. The molecule has 1 fully saturated rings. The van der Waals surface area contributed by atoms with Gasteiger partial charge in [0.15, 0.2) is 24.7 Å². The van der Waals surface area contributed by atoms with E-state index in [0.717, 1.165) is 41.7 Å². The molecule has 0 aromatic heterocycles. The summed E-state index contributed by atoms with van der Waals surface area (Å²) in [4.78, 5) is 25.9. The fourth-order valence-electron chi connectivity index (χ4n) is 5.17. The molecule has 3 aromatic carbocycles. The normalized spacial score (nSPS) is 19.3. The number of para-hydroxylation sites is 2. The number of hydrogen-bond donors (Lipinski definition) is 0. The van der Waals surface area contributed by atoms with Crippen molar-refractivity contribution in [1.29, 1.82) is 0 Å². The number of carbonyl (C=O) groups excluding carboxylic acids is 2. The zero-order valence-electron chi connectivity index (χ0n) is 22.0. The molecule has 5 rings (SSSR count). The molecule has 1 amide bonds. The molecule has 0 N–H and O–H groups in total. The number of allylic oxidation sites excluding steroid dienone is 1. The van der Waals surface area contributed by atoms with Gasteiger partial charge in [-0.15, -0.1) is 0 Å². The van der Waals surface area contributed by atoms with Crippen molar-refractivity contribution < 1.29 is 23.8 Å². The van der Waals surface area contributed by atoms with Crippen molar-refractivity contribution in [3.63, 3.8) is 0 Å². The van der Waals surface area contributed by atoms with Crippen LogP contribution in [0.3, 0.4) is 0 Å². The standard InChI is InChI=1S/C32H32N2O5/c1-2-37-27-18-9-10-19-28(27)38-22-30(36)39-21-29(35)34-32(24-14-7-4-8-15-24)26-17-11-16-25(31(26)33-34)20-23-12-5-3-6-13-23/h3-10,12-15,18-20,26,32H,2,11,16-17,21-22H2,1H3/b25-20+/t26-,32+/m0/s1. The number of benzene rings is 3. The van der Waals surface area contributed by atoms with Gasteiger partial charge in [0.05, 0.1) is 18.4 Å². The van der Waals surface area contributed by atoms with Gasteiger partial charge in [0.25, 0.3) is 5.91 Å². The zero-order chi connectivity index (χ0) is 27.0. The second kappa shape index (κ2) is 12.4. The van der Waals surface area contributed by atoms with Gasteiger partial charge in [-0.1, -0.05) is 72.8 Å². The van der Waals surface area contributed by atoms with E-state index in [1.54, 1.807) is 18.2 Å². The fraction of sp³-hybridized carbons (Fsp3) is 0.281. The quantitative estimate of drug-likeness (QED) is 0.329. The molecule has 0 bridgehead atoms. The van der Waals surface area contributed by atoms with Gasteiger partial charge in [0.1, 0.15) is 0 Å². The first kappa shape index (κ1) is 26.2. The minimum atomic E-state index is -0.639. The number of esters is 1. The van der Waals surface area contributed by atoms with Crippen molar-refractivity contribution >= 4 is 23.7 Å². The SMILES string of the molecule is CCOc1ccccc1OCC(=O)OCC(=O)N1N=C2/C(=C/c3ccccc3)CCC[C@@H]2[C@H]1c1ccccc1. The second-order valence-corrected chi connectivity index (χ2v) is 9.49. The average Bonchev–Trinajstić information content (AvgIpc) is 3.37. The van der Waals surface area contributed by atoms with Crippen LogP contribution in [0.2, 0.25) is 0 Å². The zero-order valence-corrected chi connectivity index (χ0v) is 22.0. The molecule has 0 radical (unpaired) electrons. The topological polar surface area (TPSA) is 77.4 Å². The summed E-state index contributed by atoms with van der Waals surface area (Å²) in [5.41, 5.74) is 4.20. The molecule has 7 nitrogen and oxygen atoms in total. The lowest BCUT2D eigenvalue weighted by atomic mass is 9.77. The number of nitrogens with zero attached hydrogens (tertiary/aromatic N) is 2. The van der Waals surface area contributed by atoms with Crippen molar-refractivity contribution in [2.45, 2.75) is 32.2 Å². The Hall–Kier alpha value is -4.39. The lowest BCUT2D eigenvalue weighted by Gasteiger charge is -2.29. The van der Waals surface area contributed by atoms with Gasteiger partial charge in [-0.25, -0.2) is 9.80 Å². The minimum Gasteiger partial charge on any atom is -0.490 e. The molecule has 2 aliphatic rings. The maximum atomic E-state index is 13.4.